The molecule has 1 aromatic carbocycles. The van der Waals surface area contributed by atoms with Crippen LogP contribution < -0.4 is 16.4 Å². The Morgan fingerprint density at radius 2 is 2.06 bits per heavy atom. The summed E-state index contributed by atoms with van der Waals surface area (Å²) >= 11 is 0. The average Bonchev–Trinajstić information content (AvgIpc) is 2.39. The molecule has 0 aliphatic rings. The Kier molecular flexibility index (Phi) is 3.38. The molecule has 0 bridgehead atoms. The zero-order valence-electron chi connectivity index (χ0n) is 9.84. The molecule has 0 aliphatic heterocycles. The number of nitrogens with zero attached hydrogens (tertiary/aromatic N) is 2. The fraction of sp³-hybridized carbons (Fsp3) is 0.0833. The second kappa shape index (κ2) is 5.13. The monoisotopic (exact) mass is 243 g/mol. The molecule has 1 amide bonds. The highest BCUT2D eigenvalue weighted by molar-refractivity contribution is 5.91. The van der Waals surface area contributed by atoms with Crippen molar-refractivity contribution in [2.45, 2.75) is 0 Å². The van der Waals surface area contributed by atoms with Gasteiger partial charge < -0.3 is 16.4 Å². The first-order chi connectivity index (χ1) is 8.69. The third-order valence-electron chi connectivity index (χ3n) is 2.28. The van der Waals surface area contributed by atoms with Crippen molar-refractivity contribution >= 4 is 23.1 Å². The number of nitrogens with one attached hydrogen (secondary N) is 2. The van der Waals surface area contributed by atoms with Crippen molar-refractivity contribution in [3.63, 3.8) is 0 Å². The van der Waals surface area contributed by atoms with Crippen LogP contribution in [0.15, 0.2) is 36.4 Å². The van der Waals surface area contributed by atoms with Gasteiger partial charge in [-0.25, -0.2) is 0 Å². The van der Waals surface area contributed by atoms with Crippen LogP contribution in [-0.4, -0.2) is 23.2 Å². The summed E-state index contributed by atoms with van der Waals surface area (Å²) in [5, 5.41) is 13.2. The fourth-order valence-electron chi connectivity index (χ4n) is 1.41. The predicted molar refractivity (Wildman–Crippen MR) is 69.6 cm³/mol. The van der Waals surface area contributed by atoms with E-state index in [-0.39, 0.29) is 11.6 Å². The quantitative estimate of drug-likeness (QED) is 0.703. The zero-order valence-corrected chi connectivity index (χ0v) is 9.84. The van der Waals surface area contributed by atoms with E-state index < -0.39 is 0 Å². The summed E-state index contributed by atoms with van der Waals surface area (Å²) in [5.74, 6) is 0.284. The van der Waals surface area contributed by atoms with Gasteiger partial charge >= 0.3 is 0 Å². The van der Waals surface area contributed by atoms with Gasteiger partial charge in [0.15, 0.2) is 11.5 Å². The van der Waals surface area contributed by atoms with E-state index in [1.165, 1.54) is 0 Å². The molecule has 0 aliphatic carbocycles. The number of amides is 1. The number of carbonyl (C=O) groups excluding carboxylic acids is 1. The first kappa shape index (κ1) is 11.8. The molecule has 1 aromatic heterocycles. The summed E-state index contributed by atoms with van der Waals surface area (Å²) in [6, 6.07) is 10.6. The van der Waals surface area contributed by atoms with Crippen LogP contribution in [0.3, 0.4) is 0 Å². The molecule has 2 rings (SSSR count). The van der Waals surface area contributed by atoms with Gasteiger partial charge in [-0.05, 0) is 30.3 Å². The summed E-state index contributed by atoms with van der Waals surface area (Å²) in [5.41, 5.74) is 7.42. The van der Waals surface area contributed by atoms with E-state index in [0.29, 0.717) is 11.5 Å². The van der Waals surface area contributed by atoms with Crippen molar-refractivity contribution in [1.29, 1.82) is 0 Å². The van der Waals surface area contributed by atoms with Crippen molar-refractivity contribution in [2.75, 3.05) is 18.1 Å². The van der Waals surface area contributed by atoms with Gasteiger partial charge in [-0.15, -0.1) is 10.2 Å². The number of anilines is 3. The number of carbonyl (C=O) groups is 1. The maximum Gasteiger partial charge on any atom is 0.271 e. The topological polar surface area (TPSA) is 92.9 Å². The van der Waals surface area contributed by atoms with E-state index in [9.17, 15) is 4.79 Å². The molecule has 0 spiro atoms. The molecule has 0 fully saturated rings. The molecule has 92 valence electrons. The normalized spacial score (nSPS) is 9.83. The van der Waals surface area contributed by atoms with Crippen LogP contribution in [0, 0.1) is 0 Å². The van der Waals surface area contributed by atoms with Crippen molar-refractivity contribution in [1.82, 2.24) is 15.5 Å². The second-order valence-corrected chi connectivity index (χ2v) is 3.63. The molecule has 2 aromatic rings. The van der Waals surface area contributed by atoms with Crippen LogP contribution in [-0.2, 0) is 0 Å². The number of hydrogen-bond donors (Lipinski definition) is 3. The SMILES string of the molecule is CNC(=O)c1ccc(Nc2cccc(N)c2)nn1. The Bertz CT molecular complexity index is 553. The zero-order chi connectivity index (χ0) is 13.0. The van der Waals surface area contributed by atoms with Crippen molar-refractivity contribution in [3.8, 4) is 0 Å². The molecule has 18 heavy (non-hydrogen) atoms. The lowest BCUT2D eigenvalue weighted by atomic mass is 10.3. The Balaban J connectivity index is 2.13. The van der Waals surface area contributed by atoms with Crippen molar-refractivity contribution < 1.29 is 4.79 Å². The van der Waals surface area contributed by atoms with Crippen LogP contribution in [0.4, 0.5) is 17.2 Å². The lowest BCUT2D eigenvalue weighted by molar-refractivity contribution is 0.0957. The number of nitrogen functional groups attached to an aromatic ring is 1. The second-order valence-electron chi connectivity index (χ2n) is 3.63. The van der Waals surface area contributed by atoms with Gasteiger partial charge in [-0.1, -0.05) is 6.07 Å². The predicted octanol–water partition coefficient (Wildman–Crippen LogP) is 1.16. The average molecular weight is 243 g/mol. The molecule has 1 heterocycles. The van der Waals surface area contributed by atoms with E-state index in [1.807, 2.05) is 12.1 Å². The van der Waals surface area contributed by atoms with Crippen LogP contribution in [0.1, 0.15) is 10.5 Å². The highest BCUT2D eigenvalue weighted by Gasteiger charge is 2.05. The highest BCUT2D eigenvalue weighted by Crippen LogP contribution is 2.16. The summed E-state index contributed by atoms with van der Waals surface area (Å²) in [7, 11) is 1.54. The molecule has 6 nitrogen and oxygen atoms in total. The Morgan fingerprint density at radius 3 is 2.67 bits per heavy atom. The van der Waals surface area contributed by atoms with Crippen LogP contribution >= 0.6 is 0 Å². The van der Waals surface area contributed by atoms with E-state index in [1.54, 1.807) is 31.3 Å². The number of rotatable bonds is 3. The van der Waals surface area contributed by atoms with Gasteiger partial charge in [0.25, 0.3) is 5.91 Å². The molecule has 0 saturated carbocycles. The fourth-order valence-corrected chi connectivity index (χ4v) is 1.41. The van der Waals surface area contributed by atoms with Crippen molar-refractivity contribution in [3.05, 3.63) is 42.1 Å². The smallest absolute Gasteiger partial charge is 0.271 e. The molecule has 0 radical (unpaired) electrons. The molecule has 0 saturated heterocycles. The first-order valence-electron chi connectivity index (χ1n) is 5.37. The van der Waals surface area contributed by atoms with Gasteiger partial charge in [0.1, 0.15) is 0 Å². The van der Waals surface area contributed by atoms with E-state index in [2.05, 4.69) is 20.8 Å². The van der Waals surface area contributed by atoms with Crippen LogP contribution in [0.25, 0.3) is 0 Å². The lowest BCUT2D eigenvalue weighted by Gasteiger charge is -2.05. The Hall–Kier alpha value is -2.63. The van der Waals surface area contributed by atoms with Gasteiger partial charge in [0, 0.05) is 18.4 Å². The van der Waals surface area contributed by atoms with Crippen molar-refractivity contribution in [2.24, 2.45) is 0 Å². The van der Waals surface area contributed by atoms with E-state index >= 15 is 0 Å². The number of benzene rings is 1. The van der Waals surface area contributed by atoms with E-state index in [4.69, 9.17) is 5.73 Å². The number of aromatic nitrogens is 2. The van der Waals surface area contributed by atoms with Gasteiger partial charge in [-0.3, -0.25) is 4.79 Å². The minimum absolute atomic E-state index is 0.266. The lowest BCUT2D eigenvalue weighted by Crippen LogP contribution is -2.19. The van der Waals surface area contributed by atoms with Crippen LogP contribution in [0.2, 0.25) is 0 Å². The van der Waals surface area contributed by atoms with Gasteiger partial charge in [-0.2, -0.15) is 0 Å². The highest BCUT2D eigenvalue weighted by atomic mass is 16.1. The number of nitrogens with two attached hydrogens (primary N) is 1. The summed E-state index contributed by atoms with van der Waals surface area (Å²) < 4.78 is 0. The minimum atomic E-state index is -0.266. The summed E-state index contributed by atoms with van der Waals surface area (Å²) in [4.78, 5) is 11.3. The summed E-state index contributed by atoms with van der Waals surface area (Å²) in [6.07, 6.45) is 0. The Morgan fingerprint density at radius 1 is 1.22 bits per heavy atom. The van der Waals surface area contributed by atoms with Gasteiger partial charge in [0.2, 0.25) is 0 Å². The molecule has 4 N–H and O–H groups in total. The standard InChI is InChI=1S/C12H13N5O/c1-14-12(18)10-5-6-11(17-16-10)15-9-4-2-3-8(13)7-9/h2-7H,13H2,1H3,(H,14,18)(H,15,17). The van der Waals surface area contributed by atoms with E-state index in [0.717, 1.165) is 5.69 Å². The third-order valence-corrected chi connectivity index (χ3v) is 2.28. The molecule has 0 atom stereocenters. The first-order valence-corrected chi connectivity index (χ1v) is 5.37. The molecule has 6 heteroatoms. The molecule has 0 unspecified atom stereocenters. The minimum Gasteiger partial charge on any atom is -0.399 e. The largest absolute Gasteiger partial charge is 0.399 e. The number of hydrogen-bond acceptors (Lipinski definition) is 5. The third kappa shape index (κ3) is 2.73. The van der Waals surface area contributed by atoms with Crippen LogP contribution in [0.5, 0.6) is 0 Å². The summed E-state index contributed by atoms with van der Waals surface area (Å²) in [6.45, 7) is 0. The maximum absolute atomic E-state index is 11.3. The Labute approximate surface area is 104 Å². The molecular formula is C12H13N5O. The molecular weight excluding hydrogens is 230 g/mol. The van der Waals surface area contributed by atoms with Gasteiger partial charge in [0.05, 0.1) is 0 Å². The maximum atomic E-state index is 11.3.